The molecule has 5 rings (SSSR count). The summed E-state index contributed by atoms with van der Waals surface area (Å²) in [5.74, 6) is 0.160. The molecule has 2 aliphatic heterocycles. The van der Waals surface area contributed by atoms with Crippen LogP contribution in [0.3, 0.4) is 0 Å². The molecule has 1 saturated heterocycles. The highest BCUT2D eigenvalue weighted by atomic mass is 16.4. The van der Waals surface area contributed by atoms with E-state index < -0.39 is 12.2 Å². The van der Waals surface area contributed by atoms with E-state index in [1.54, 1.807) is 0 Å². The van der Waals surface area contributed by atoms with Crippen LogP contribution in [0.2, 0.25) is 0 Å². The average Bonchev–Trinajstić information content (AvgIpc) is 3.21. The highest BCUT2D eigenvalue weighted by Crippen LogP contribution is 2.59. The lowest BCUT2D eigenvalue weighted by Crippen LogP contribution is -2.59. The van der Waals surface area contributed by atoms with Crippen LogP contribution in [-0.4, -0.2) is 50.0 Å². The maximum atomic E-state index is 11.1. The number of aliphatic hydroxyl groups is 1. The number of piperidine rings is 1. The molecule has 1 spiro atoms. The van der Waals surface area contributed by atoms with Crippen molar-refractivity contribution in [2.45, 2.75) is 31.4 Å². The topological polar surface area (TPSA) is 78.6 Å². The Hall–Kier alpha value is -2.34. The molecule has 6 heteroatoms. The van der Waals surface area contributed by atoms with Crippen molar-refractivity contribution in [1.29, 1.82) is 0 Å². The van der Waals surface area contributed by atoms with Gasteiger partial charge in [0.25, 0.3) is 0 Å². The molecule has 0 bridgehead atoms. The summed E-state index contributed by atoms with van der Waals surface area (Å²) in [6.45, 7) is 1.05. The summed E-state index contributed by atoms with van der Waals surface area (Å²) >= 11 is 0. The highest BCUT2D eigenvalue weighted by molar-refractivity contribution is 5.69. The molecular weight excluding hydrogens is 318 g/mol. The third-order valence-electron chi connectivity index (χ3n) is 6.63. The Morgan fingerprint density at radius 1 is 1.24 bits per heavy atom. The van der Waals surface area contributed by atoms with Gasteiger partial charge in [-0.1, -0.05) is 24.3 Å². The van der Waals surface area contributed by atoms with Gasteiger partial charge in [-0.15, -0.1) is 0 Å². The van der Waals surface area contributed by atoms with E-state index in [2.05, 4.69) is 27.8 Å². The first-order chi connectivity index (χ1) is 12.1. The van der Waals surface area contributed by atoms with Crippen molar-refractivity contribution in [3.63, 3.8) is 0 Å². The Bertz CT molecular complexity index is 838. The average molecular weight is 339 g/mol. The lowest BCUT2D eigenvalue weighted by molar-refractivity contribution is -0.155. The molecule has 1 aromatic carbocycles. The van der Waals surface area contributed by atoms with Crippen molar-refractivity contribution < 1.29 is 15.0 Å². The molecule has 2 fully saturated rings. The summed E-state index contributed by atoms with van der Waals surface area (Å²) in [7, 11) is 0. The molecule has 0 radical (unpaired) electrons. The fraction of sp³-hybridized carbons (Fsp3) is 0.474. The third-order valence-corrected chi connectivity index (χ3v) is 6.63. The molecule has 6 nitrogen and oxygen atoms in total. The number of hydrogen-bond acceptors (Lipinski definition) is 3. The maximum Gasteiger partial charge on any atom is 0.407 e. The zero-order chi connectivity index (χ0) is 17.2. The number of carboxylic acid groups (broad SMARTS) is 1. The Kier molecular flexibility index (Phi) is 3.04. The number of imidazole rings is 1. The Balaban J connectivity index is 1.41. The molecule has 1 aromatic heterocycles. The van der Waals surface area contributed by atoms with E-state index in [4.69, 9.17) is 5.11 Å². The smallest absolute Gasteiger partial charge is 0.407 e. The normalized spacial score (nSPS) is 29.2. The minimum absolute atomic E-state index is 0.116. The minimum atomic E-state index is -0.854. The fourth-order valence-corrected chi connectivity index (χ4v) is 5.23. The van der Waals surface area contributed by atoms with Gasteiger partial charge < -0.3 is 19.7 Å². The van der Waals surface area contributed by atoms with Gasteiger partial charge >= 0.3 is 6.09 Å². The number of hydrogen-bond donors (Lipinski definition) is 2. The number of aliphatic hydroxyl groups excluding tert-OH is 1. The minimum Gasteiger partial charge on any atom is -0.465 e. The van der Waals surface area contributed by atoms with Crippen LogP contribution in [0.15, 0.2) is 36.8 Å². The van der Waals surface area contributed by atoms with Gasteiger partial charge in [0.05, 0.1) is 30.4 Å². The molecule has 1 aliphatic carbocycles. The Morgan fingerprint density at radius 2 is 2.00 bits per heavy atom. The fourth-order valence-electron chi connectivity index (χ4n) is 5.23. The molecule has 3 heterocycles. The van der Waals surface area contributed by atoms with Crippen molar-refractivity contribution in [3.8, 4) is 11.3 Å². The van der Waals surface area contributed by atoms with E-state index in [9.17, 15) is 9.90 Å². The van der Waals surface area contributed by atoms with Crippen LogP contribution in [0.25, 0.3) is 11.3 Å². The van der Waals surface area contributed by atoms with Crippen molar-refractivity contribution in [3.05, 3.63) is 42.4 Å². The van der Waals surface area contributed by atoms with Gasteiger partial charge in [-0.25, -0.2) is 9.78 Å². The molecule has 25 heavy (non-hydrogen) atoms. The standard InChI is InChI=1S/C19H21N3O3/c23-17-14(9-19(17)5-7-21(8-6-19)18(24)25)16-13-4-2-1-3-12(13)15-10-20-11-22(15)16/h1-4,10-11,14,16-17,23H,5-9H2,(H,24,25)/t14-,16+,17+/m1/s1. The number of rotatable bonds is 1. The summed E-state index contributed by atoms with van der Waals surface area (Å²) in [6, 6.07) is 8.50. The quantitative estimate of drug-likeness (QED) is 0.837. The van der Waals surface area contributed by atoms with Gasteiger partial charge in [0.15, 0.2) is 0 Å². The number of amides is 1. The SMILES string of the molecule is O=C(O)N1CCC2(CC1)C[C@H]([C@@H]1c3ccccc3-c3cncn31)[C@@H]2O. The largest absolute Gasteiger partial charge is 0.465 e. The second-order valence-electron chi connectivity index (χ2n) is 7.66. The predicted molar refractivity (Wildman–Crippen MR) is 91.2 cm³/mol. The van der Waals surface area contributed by atoms with Gasteiger partial charge in [0.2, 0.25) is 0 Å². The second kappa shape index (κ2) is 5.08. The molecule has 1 amide bonds. The first-order valence-corrected chi connectivity index (χ1v) is 8.88. The monoisotopic (exact) mass is 339 g/mol. The zero-order valence-corrected chi connectivity index (χ0v) is 13.9. The molecule has 2 aromatic rings. The molecule has 1 saturated carbocycles. The van der Waals surface area contributed by atoms with Crippen molar-refractivity contribution in [2.24, 2.45) is 11.3 Å². The van der Waals surface area contributed by atoms with Crippen molar-refractivity contribution in [1.82, 2.24) is 14.5 Å². The lowest BCUT2D eigenvalue weighted by Gasteiger charge is -2.57. The lowest BCUT2D eigenvalue weighted by atomic mass is 9.53. The van der Waals surface area contributed by atoms with E-state index in [1.165, 1.54) is 16.0 Å². The van der Waals surface area contributed by atoms with Crippen LogP contribution < -0.4 is 0 Å². The van der Waals surface area contributed by atoms with Gasteiger partial charge in [-0.05, 0) is 24.8 Å². The number of nitrogens with zero attached hydrogens (tertiary/aromatic N) is 3. The molecule has 130 valence electrons. The summed E-state index contributed by atoms with van der Waals surface area (Å²) in [5.41, 5.74) is 3.48. The van der Waals surface area contributed by atoms with Gasteiger partial charge in [0.1, 0.15) is 0 Å². The first-order valence-electron chi connectivity index (χ1n) is 8.88. The van der Waals surface area contributed by atoms with Crippen LogP contribution in [0.5, 0.6) is 0 Å². The highest BCUT2D eigenvalue weighted by Gasteiger charge is 2.58. The number of aromatic nitrogens is 2. The number of carbonyl (C=O) groups is 1. The second-order valence-corrected chi connectivity index (χ2v) is 7.66. The Labute approximate surface area is 145 Å². The van der Waals surface area contributed by atoms with Gasteiger partial charge in [-0.2, -0.15) is 0 Å². The first kappa shape index (κ1) is 15.0. The molecule has 2 N–H and O–H groups in total. The maximum absolute atomic E-state index is 11.1. The third kappa shape index (κ3) is 1.94. The van der Waals surface area contributed by atoms with Crippen LogP contribution in [0.4, 0.5) is 4.79 Å². The van der Waals surface area contributed by atoms with Crippen LogP contribution in [-0.2, 0) is 0 Å². The van der Waals surface area contributed by atoms with E-state index in [1.807, 2.05) is 18.6 Å². The summed E-state index contributed by atoms with van der Waals surface area (Å²) in [5, 5.41) is 20.2. The van der Waals surface area contributed by atoms with Crippen molar-refractivity contribution >= 4 is 6.09 Å². The summed E-state index contributed by atoms with van der Waals surface area (Å²) in [6.07, 6.45) is 4.96. The van der Waals surface area contributed by atoms with Crippen LogP contribution in [0.1, 0.15) is 30.9 Å². The van der Waals surface area contributed by atoms with Gasteiger partial charge in [0, 0.05) is 30.0 Å². The van der Waals surface area contributed by atoms with Gasteiger partial charge in [-0.3, -0.25) is 0 Å². The van der Waals surface area contributed by atoms with E-state index in [-0.39, 0.29) is 17.4 Å². The number of likely N-dealkylation sites (tertiary alicyclic amines) is 1. The molecule has 0 unspecified atom stereocenters. The molecule has 3 atom stereocenters. The molecule has 3 aliphatic rings. The molecular formula is C19H21N3O3. The number of benzene rings is 1. The van der Waals surface area contributed by atoms with Crippen LogP contribution in [0, 0.1) is 11.3 Å². The van der Waals surface area contributed by atoms with Crippen molar-refractivity contribution in [2.75, 3.05) is 13.1 Å². The number of fused-ring (bicyclic) bond motifs is 3. The van der Waals surface area contributed by atoms with Crippen LogP contribution >= 0.6 is 0 Å². The predicted octanol–water partition coefficient (Wildman–Crippen LogP) is 2.59. The zero-order valence-electron chi connectivity index (χ0n) is 13.9. The Morgan fingerprint density at radius 3 is 2.72 bits per heavy atom. The van der Waals surface area contributed by atoms with E-state index in [0.717, 1.165) is 25.0 Å². The summed E-state index contributed by atoms with van der Waals surface area (Å²) in [4.78, 5) is 16.9. The van der Waals surface area contributed by atoms with E-state index >= 15 is 0 Å². The summed E-state index contributed by atoms with van der Waals surface area (Å²) < 4.78 is 2.19. The van der Waals surface area contributed by atoms with E-state index in [0.29, 0.717) is 13.1 Å².